The minimum Gasteiger partial charge on any atom is -0.467 e. The molecule has 1 amide bonds. The molecule has 0 atom stereocenters. The van der Waals surface area contributed by atoms with Crippen molar-refractivity contribution in [3.63, 3.8) is 0 Å². The van der Waals surface area contributed by atoms with E-state index in [4.69, 9.17) is 9.68 Å². The Morgan fingerprint density at radius 2 is 2.09 bits per heavy atom. The van der Waals surface area contributed by atoms with Crippen molar-refractivity contribution in [1.82, 2.24) is 10.6 Å². The number of amides is 1. The van der Waals surface area contributed by atoms with Crippen LogP contribution in [-0.2, 0) is 17.9 Å². The van der Waals surface area contributed by atoms with Crippen molar-refractivity contribution < 1.29 is 9.21 Å². The summed E-state index contributed by atoms with van der Waals surface area (Å²) in [6.07, 6.45) is 2.94. The first-order chi connectivity index (χ1) is 10.7. The van der Waals surface area contributed by atoms with Crippen LogP contribution in [0.4, 0.5) is 0 Å². The van der Waals surface area contributed by atoms with E-state index in [1.54, 1.807) is 12.1 Å². The van der Waals surface area contributed by atoms with Gasteiger partial charge in [-0.1, -0.05) is 34.1 Å². The average molecular weight is 360 g/mol. The molecule has 0 bridgehead atoms. The lowest BCUT2D eigenvalue weighted by atomic mass is 10.2. The fourth-order valence-electron chi connectivity index (χ4n) is 1.73. The van der Waals surface area contributed by atoms with Crippen LogP contribution < -0.4 is 10.6 Å². The number of halogens is 1. The van der Waals surface area contributed by atoms with E-state index in [2.05, 4.69) is 26.6 Å². The maximum absolute atomic E-state index is 11.9. The number of hydrogen-bond acceptors (Lipinski definition) is 4. The zero-order valence-electron chi connectivity index (χ0n) is 11.7. The molecule has 2 aromatic rings. The van der Waals surface area contributed by atoms with Gasteiger partial charge in [0.15, 0.2) is 0 Å². The molecular formula is C16H14BrN3O2. The van der Waals surface area contributed by atoms with Crippen molar-refractivity contribution in [2.75, 3.05) is 0 Å². The van der Waals surface area contributed by atoms with Gasteiger partial charge in [-0.2, -0.15) is 5.26 Å². The molecule has 0 saturated carbocycles. The second-order valence-corrected chi connectivity index (χ2v) is 5.26. The summed E-state index contributed by atoms with van der Waals surface area (Å²) >= 11 is 3.44. The largest absolute Gasteiger partial charge is 0.467 e. The van der Waals surface area contributed by atoms with Gasteiger partial charge in [0, 0.05) is 17.2 Å². The van der Waals surface area contributed by atoms with E-state index in [-0.39, 0.29) is 12.1 Å². The van der Waals surface area contributed by atoms with Gasteiger partial charge in [0.25, 0.3) is 5.91 Å². The zero-order chi connectivity index (χ0) is 15.8. The molecule has 0 spiro atoms. The molecule has 0 aliphatic carbocycles. The molecule has 0 aliphatic heterocycles. The van der Waals surface area contributed by atoms with Gasteiger partial charge in [-0.05, 0) is 23.8 Å². The number of carbonyl (C=O) groups is 1. The van der Waals surface area contributed by atoms with Crippen molar-refractivity contribution in [3.8, 4) is 6.07 Å². The molecule has 2 N–H and O–H groups in total. The quantitative estimate of drug-likeness (QED) is 0.613. The molecule has 112 valence electrons. The molecule has 1 aromatic heterocycles. The predicted molar refractivity (Wildman–Crippen MR) is 85.2 cm³/mol. The zero-order valence-corrected chi connectivity index (χ0v) is 13.3. The van der Waals surface area contributed by atoms with Gasteiger partial charge in [-0.15, -0.1) is 0 Å². The highest BCUT2D eigenvalue weighted by Crippen LogP contribution is 2.15. The molecule has 0 radical (unpaired) electrons. The molecule has 6 heteroatoms. The van der Waals surface area contributed by atoms with Crippen LogP contribution >= 0.6 is 15.9 Å². The third-order valence-electron chi connectivity index (χ3n) is 2.87. The third-order valence-corrected chi connectivity index (χ3v) is 3.64. The second-order valence-electron chi connectivity index (χ2n) is 4.40. The van der Waals surface area contributed by atoms with E-state index in [0.29, 0.717) is 12.3 Å². The standard InChI is InChI=1S/C16H14BrN3O2/c17-15-6-2-1-4-12(15)9-19-10-13(8-18)16(21)20-11-14-5-3-7-22-14/h1-7,10,19H,9,11H2,(H,20,21)/b13-10-. The number of nitriles is 1. The smallest absolute Gasteiger partial charge is 0.263 e. The highest BCUT2D eigenvalue weighted by molar-refractivity contribution is 9.10. The number of furan rings is 1. The number of nitrogens with zero attached hydrogens (tertiary/aromatic N) is 1. The lowest BCUT2D eigenvalue weighted by Crippen LogP contribution is -2.25. The predicted octanol–water partition coefficient (Wildman–Crippen LogP) is 2.86. The first-order valence-corrected chi connectivity index (χ1v) is 7.37. The number of nitrogens with one attached hydrogen (secondary N) is 2. The van der Waals surface area contributed by atoms with Crippen molar-refractivity contribution in [1.29, 1.82) is 5.26 Å². The Morgan fingerprint density at radius 1 is 1.27 bits per heavy atom. The summed E-state index contributed by atoms with van der Waals surface area (Å²) < 4.78 is 6.08. The summed E-state index contributed by atoms with van der Waals surface area (Å²) in [5.74, 6) is 0.186. The van der Waals surface area contributed by atoms with E-state index in [1.807, 2.05) is 30.3 Å². The Morgan fingerprint density at radius 3 is 2.77 bits per heavy atom. The number of rotatable bonds is 6. The van der Waals surface area contributed by atoms with Gasteiger partial charge in [-0.25, -0.2) is 0 Å². The van der Waals surface area contributed by atoms with Crippen LogP contribution in [0.1, 0.15) is 11.3 Å². The van der Waals surface area contributed by atoms with Crippen LogP contribution in [0.5, 0.6) is 0 Å². The Labute approximate surface area is 136 Å². The maximum Gasteiger partial charge on any atom is 0.263 e. The minimum atomic E-state index is -0.446. The number of carbonyl (C=O) groups excluding carboxylic acids is 1. The van der Waals surface area contributed by atoms with Gasteiger partial charge < -0.3 is 15.1 Å². The fourth-order valence-corrected chi connectivity index (χ4v) is 2.15. The Balaban J connectivity index is 1.89. The Hall–Kier alpha value is -2.52. The van der Waals surface area contributed by atoms with Crippen molar-refractivity contribution in [2.45, 2.75) is 13.1 Å². The lowest BCUT2D eigenvalue weighted by molar-refractivity contribution is -0.117. The monoisotopic (exact) mass is 359 g/mol. The van der Waals surface area contributed by atoms with E-state index in [0.717, 1.165) is 10.0 Å². The molecule has 0 unspecified atom stereocenters. The van der Waals surface area contributed by atoms with Gasteiger partial charge in [0.2, 0.25) is 0 Å². The van der Waals surface area contributed by atoms with Crippen LogP contribution in [0.3, 0.4) is 0 Å². The van der Waals surface area contributed by atoms with Gasteiger partial charge in [-0.3, -0.25) is 4.79 Å². The molecule has 2 rings (SSSR count). The van der Waals surface area contributed by atoms with E-state index in [1.165, 1.54) is 12.5 Å². The van der Waals surface area contributed by atoms with Crippen molar-refractivity contribution in [3.05, 3.63) is 70.2 Å². The van der Waals surface area contributed by atoms with E-state index in [9.17, 15) is 4.79 Å². The summed E-state index contributed by atoms with van der Waals surface area (Å²) in [6, 6.07) is 13.1. The summed E-state index contributed by atoms with van der Waals surface area (Å²) in [4.78, 5) is 11.9. The van der Waals surface area contributed by atoms with Crippen LogP contribution in [0.25, 0.3) is 0 Å². The number of benzene rings is 1. The second kappa shape index (κ2) is 8.05. The molecule has 1 heterocycles. The normalized spacial score (nSPS) is 10.8. The van der Waals surface area contributed by atoms with Crippen LogP contribution in [0.2, 0.25) is 0 Å². The fraction of sp³-hybridized carbons (Fsp3) is 0.125. The average Bonchev–Trinajstić information content (AvgIpc) is 3.04. The lowest BCUT2D eigenvalue weighted by Gasteiger charge is -2.05. The van der Waals surface area contributed by atoms with Crippen LogP contribution in [0.15, 0.2) is 63.3 Å². The maximum atomic E-state index is 11.9. The van der Waals surface area contributed by atoms with E-state index >= 15 is 0 Å². The molecule has 22 heavy (non-hydrogen) atoms. The Kier molecular flexibility index (Phi) is 5.81. The Bertz CT molecular complexity index is 702. The topological polar surface area (TPSA) is 78.1 Å². The van der Waals surface area contributed by atoms with Crippen molar-refractivity contribution >= 4 is 21.8 Å². The molecular weight excluding hydrogens is 346 g/mol. The third kappa shape index (κ3) is 4.50. The summed E-state index contributed by atoms with van der Waals surface area (Å²) in [7, 11) is 0. The first kappa shape index (κ1) is 15.9. The summed E-state index contributed by atoms with van der Waals surface area (Å²) in [5, 5.41) is 14.6. The molecule has 1 aromatic carbocycles. The first-order valence-electron chi connectivity index (χ1n) is 6.58. The summed E-state index contributed by atoms with van der Waals surface area (Å²) in [6.45, 7) is 0.757. The van der Waals surface area contributed by atoms with Gasteiger partial charge in [0.05, 0.1) is 12.8 Å². The minimum absolute atomic E-state index is 0.0126. The molecule has 5 nitrogen and oxygen atoms in total. The van der Waals surface area contributed by atoms with Crippen LogP contribution in [0, 0.1) is 11.3 Å². The number of hydrogen-bond donors (Lipinski definition) is 2. The highest BCUT2D eigenvalue weighted by Gasteiger charge is 2.09. The molecule has 0 fully saturated rings. The van der Waals surface area contributed by atoms with E-state index < -0.39 is 5.91 Å². The molecule has 0 saturated heterocycles. The molecule has 0 aliphatic rings. The summed E-state index contributed by atoms with van der Waals surface area (Å²) in [5.41, 5.74) is 1.05. The highest BCUT2D eigenvalue weighted by atomic mass is 79.9. The SMILES string of the molecule is N#C/C(=C/NCc1ccccc1Br)C(=O)NCc1ccco1. The van der Waals surface area contributed by atoms with Gasteiger partial charge in [0.1, 0.15) is 17.4 Å². The van der Waals surface area contributed by atoms with Gasteiger partial charge >= 0.3 is 0 Å². The van der Waals surface area contributed by atoms with Crippen LogP contribution in [-0.4, -0.2) is 5.91 Å². The van der Waals surface area contributed by atoms with Crippen molar-refractivity contribution in [2.24, 2.45) is 0 Å².